The van der Waals surface area contributed by atoms with E-state index in [0.29, 0.717) is 0 Å². The lowest BCUT2D eigenvalue weighted by Gasteiger charge is -2.21. The topological polar surface area (TPSA) is 21.7 Å². The fourth-order valence-electron chi connectivity index (χ4n) is 4.11. The van der Waals surface area contributed by atoms with Gasteiger partial charge in [0.15, 0.2) is 0 Å². The third-order valence-electron chi connectivity index (χ3n) is 5.61. The Morgan fingerprint density at radius 3 is 2.19 bits per heavy atom. The van der Waals surface area contributed by atoms with Gasteiger partial charge in [-0.25, -0.2) is 0 Å². The molecule has 0 unspecified atom stereocenters. The highest BCUT2D eigenvalue weighted by molar-refractivity contribution is 5.67. The van der Waals surface area contributed by atoms with E-state index in [1.165, 1.54) is 53.8 Å². The number of methoxy groups -OCH3 is 2. The molecule has 0 fully saturated rings. The lowest BCUT2D eigenvalue weighted by atomic mass is 9.93. The molecule has 0 radical (unpaired) electrons. The molecule has 2 rings (SSSR count). The Morgan fingerprint density at radius 1 is 0.871 bits per heavy atom. The Labute approximate surface area is 190 Å². The van der Waals surface area contributed by atoms with Crippen LogP contribution in [0.4, 0.5) is 0 Å². The van der Waals surface area contributed by atoms with Gasteiger partial charge in [-0.15, -0.1) is 0 Å². The van der Waals surface area contributed by atoms with Crippen molar-refractivity contribution in [2.75, 3.05) is 33.9 Å². The van der Waals surface area contributed by atoms with Crippen molar-refractivity contribution in [3.63, 3.8) is 0 Å². The molecule has 0 heterocycles. The van der Waals surface area contributed by atoms with Crippen LogP contribution in [-0.4, -0.2) is 38.8 Å². The van der Waals surface area contributed by atoms with Crippen molar-refractivity contribution in [2.24, 2.45) is 0 Å². The van der Waals surface area contributed by atoms with Crippen LogP contribution in [0.25, 0.3) is 5.57 Å². The van der Waals surface area contributed by atoms with E-state index < -0.39 is 0 Å². The zero-order valence-electron chi connectivity index (χ0n) is 20.0. The summed E-state index contributed by atoms with van der Waals surface area (Å²) in [5, 5.41) is 0. The predicted molar refractivity (Wildman–Crippen MR) is 132 cm³/mol. The Morgan fingerprint density at radius 2 is 1.55 bits per heavy atom. The largest absolute Gasteiger partial charge is 0.504 e. The third kappa shape index (κ3) is 8.88. The van der Waals surface area contributed by atoms with E-state index in [1.54, 1.807) is 14.2 Å². The van der Waals surface area contributed by atoms with E-state index in [-0.39, 0.29) is 0 Å². The first-order valence-electron chi connectivity index (χ1n) is 11.8. The molecule has 170 valence electrons. The zero-order valence-corrected chi connectivity index (χ0v) is 20.0. The Kier molecular flexibility index (Phi) is 12.0. The van der Waals surface area contributed by atoms with Crippen LogP contribution in [0.15, 0.2) is 54.8 Å². The third-order valence-corrected chi connectivity index (χ3v) is 5.61. The van der Waals surface area contributed by atoms with Crippen molar-refractivity contribution in [3.05, 3.63) is 77.0 Å². The zero-order chi connectivity index (χ0) is 22.3. The summed E-state index contributed by atoms with van der Waals surface area (Å²) in [7, 11) is 3.48. The number of ether oxygens (including phenoxy) is 2. The Bertz CT molecular complexity index is 761. The lowest BCUT2D eigenvalue weighted by Crippen LogP contribution is -2.24. The van der Waals surface area contributed by atoms with Gasteiger partial charge in [-0.1, -0.05) is 62.4 Å². The molecule has 0 bridgehead atoms. The second-order valence-corrected chi connectivity index (χ2v) is 8.22. The normalized spacial score (nSPS) is 11.8. The summed E-state index contributed by atoms with van der Waals surface area (Å²) in [6.45, 7) is 8.69. The molecular weight excluding hydrogens is 382 g/mol. The summed E-state index contributed by atoms with van der Waals surface area (Å²) in [5.41, 5.74) is 6.73. The number of allylic oxidation sites excluding steroid dienone is 1. The molecule has 2 aromatic rings. The van der Waals surface area contributed by atoms with E-state index in [1.807, 2.05) is 6.26 Å². The van der Waals surface area contributed by atoms with Crippen molar-refractivity contribution >= 4 is 5.57 Å². The molecule has 0 aliphatic rings. The molecule has 0 saturated carbocycles. The van der Waals surface area contributed by atoms with Gasteiger partial charge in [0, 0.05) is 20.3 Å². The maximum Gasteiger partial charge on any atom is 0.0862 e. The smallest absolute Gasteiger partial charge is 0.0862 e. The molecule has 3 nitrogen and oxygen atoms in total. The highest BCUT2D eigenvalue weighted by Crippen LogP contribution is 2.25. The molecule has 2 aromatic carbocycles. The van der Waals surface area contributed by atoms with Crippen LogP contribution >= 0.6 is 0 Å². The quantitative estimate of drug-likeness (QED) is 0.241. The minimum Gasteiger partial charge on any atom is -0.504 e. The first-order valence-corrected chi connectivity index (χ1v) is 11.8. The first kappa shape index (κ1) is 25.2. The van der Waals surface area contributed by atoms with Crippen molar-refractivity contribution < 1.29 is 9.47 Å². The molecule has 31 heavy (non-hydrogen) atoms. The lowest BCUT2D eigenvalue weighted by molar-refractivity contribution is 0.196. The molecule has 0 saturated heterocycles. The Hall–Kier alpha value is -2.10. The second-order valence-electron chi connectivity index (χ2n) is 8.22. The van der Waals surface area contributed by atoms with Crippen LogP contribution in [0.3, 0.4) is 0 Å². The fourth-order valence-corrected chi connectivity index (χ4v) is 4.11. The predicted octanol–water partition coefficient (Wildman–Crippen LogP) is 6.51. The van der Waals surface area contributed by atoms with Gasteiger partial charge in [0.05, 0.1) is 13.4 Å². The number of aryl methyl sites for hydroxylation is 2. The summed E-state index contributed by atoms with van der Waals surface area (Å²) in [6.07, 6.45) is 8.34. The molecule has 0 aliphatic carbocycles. The monoisotopic (exact) mass is 423 g/mol. The van der Waals surface area contributed by atoms with Gasteiger partial charge >= 0.3 is 0 Å². The summed E-state index contributed by atoms with van der Waals surface area (Å²) in [6, 6.07) is 17.9. The minimum absolute atomic E-state index is 0.767. The average Bonchev–Trinajstić information content (AvgIpc) is 2.79. The van der Waals surface area contributed by atoms with Crippen LogP contribution in [0.2, 0.25) is 0 Å². The number of hydrogen-bond donors (Lipinski definition) is 0. The summed E-state index contributed by atoms with van der Waals surface area (Å²) in [5.74, 6) is 0. The second kappa shape index (κ2) is 14.8. The van der Waals surface area contributed by atoms with Gasteiger partial charge in [0.2, 0.25) is 0 Å². The van der Waals surface area contributed by atoms with Crippen LogP contribution in [-0.2, 0) is 28.9 Å². The van der Waals surface area contributed by atoms with Crippen LogP contribution in [0.5, 0.6) is 0 Å². The first-order chi connectivity index (χ1) is 15.2. The fraction of sp³-hybridized carbons (Fsp3) is 0.500. The van der Waals surface area contributed by atoms with Crippen molar-refractivity contribution in [1.29, 1.82) is 0 Å². The van der Waals surface area contributed by atoms with E-state index in [2.05, 4.69) is 67.3 Å². The molecule has 0 spiro atoms. The van der Waals surface area contributed by atoms with Crippen molar-refractivity contribution in [1.82, 2.24) is 4.90 Å². The highest BCUT2D eigenvalue weighted by atomic mass is 16.5. The van der Waals surface area contributed by atoms with Crippen LogP contribution in [0.1, 0.15) is 61.8 Å². The van der Waals surface area contributed by atoms with E-state index in [9.17, 15) is 0 Å². The van der Waals surface area contributed by atoms with Gasteiger partial charge < -0.3 is 9.47 Å². The SMILES string of the molecule is CCCN(CCC)Cc1ccc(CCc2ccccc2/C(=C\OC)CCCOC)cc1. The number of rotatable bonds is 15. The van der Waals surface area contributed by atoms with Gasteiger partial charge in [-0.3, -0.25) is 4.90 Å². The highest BCUT2D eigenvalue weighted by Gasteiger charge is 2.09. The molecule has 0 atom stereocenters. The average molecular weight is 424 g/mol. The number of hydrogen-bond acceptors (Lipinski definition) is 3. The van der Waals surface area contributed by atoms with E-state index in [0.717, 1.165) is 38.8 Å². The van der Waals surface area contributed by atoms with Gasteiger partial charge in [-0.05, 0) is 79.4 Å². The van der Waals surface area contributed by atoms with E-state index >= 15 is 0 Å². The van der Waals surface area contributed by atoms with Gasteiger partial charge in [0.25, 0.3) is 0 Å². The number of benzene rings is 2. The minimum atomic E-state index is 0.767. The van der Waals surface area contributed by atoms with Crippen molar-refractivity contribution in [2.45, 2.75) is 58.9 Å². The van der Waals surface area contributed by atoms with Gasteiger partial charge in [0.1, 0.15) is 0 Å². The molecule has 0 amide bonds. The summed E-state index contributed by atoms with van der Waals surface area (Å²) < 4.78 is 10.6. The standard InChI is InChI=1S/C28H41NO2/c1-5-19-29(20-6-2)22-25-15-13-24(14-16-25)17-18-26-10-7-8-12-28(26)27(23-31-4)11-9-21-30-3/h7-8,10,12-16,23H,5-6,9,11,17-22H2,1-4H3/b27-23-. The number of nitrogens with zero attached hydrogens (tertiary/aromatic N) is 1. The Balaban J connectivity index is 2.02. The molecular formula is C28H41NO2. The van der Waals surface area contributed by atoms with Crippen LogP contribution in [0, 0.1) is 0 Å². The van der Waals surface area contributed by atoms with Gasteiger partial charge in [-0.2, -0.15) is 0 Å². The molecule has 0 N–H and O–H groups in total. The summed E-state index contributed by atoms with van der Waals surface area (Å²) in [4.78, 5) is 2.55. The van der Waals surface area contributed by atoms with E-state index in [4.69, 9.17) is 9.47 Å². The summed E-state index contributed by atoms with van der Waals surface area (Å²) >= 11 is 0. The molecule has 3 heteroatoms. The molecule has 0 aromatic heterocycles. The van der Waals surface area contributed by atoms with Crippen LogP contribution < -0.4 is 0 Å². The maximum atomic E-state index is 5.38. The maximum absolute atomic E-state index is 5.38. The van der Waals surface area contributed by atoms with Crippen molar-refractivity contribution in [3.8, 4) is 0 Å². The molecule has 0 aliphatic heterocycles.